The number of aromatic nitrogens is 7. The number of rotatable bonds is 9. The second kappa shape index (κ2) is 11.5. The van der Waals surface area contributed by atoms with E-state index in [4.69, 9.17) is 4.74 Å². The van der Waals surface area contributed by atoms with Gasteiger partial charge < -0.3 is 4.74 Å². The molecule has 1 aromatic carbocycles. The maximum Gasteiger partial charge on any atom is 0.416 e. The van der Waals surface area contributed by atoms with Crippen LogP contribution in [0, 0.1) is 0 Å². The number of hydrogen-bond acceptors (Lipinski definition) is 7. The Hall–Kier alpha value is -5.01. The molecule has 0 fully saturated rings. The van der Waals surface area contributed by atoms with Crippen LogP contribution in [0.25, 0.3) is 22.6 Å². The van der Waals surface area contributed by atoms with Gasteiger partial charge in [0.25, 0.3) is 5.56 Å². The van der Waals surface area contributed by atoms with Crippen LogP contribution in [-0.4, -0.2) is 39.4 Å². The fourth-order valence-corrected chi connectivity index (χ4v) is 4.64. The average Bonchev–Trinajstić information content (AvgIpc) is 3.59. The van der Waals surface area contributed by atoms with Crippen molar-refractivity contribution < 1.29 is 22.7 Å². The van der Waals surface area contributed by atoms with Crippen LogP contribution >= 0.6 is 0 Å². The predicted octanol–water partition coefficient (Wildman–Crippen LogP) is 3.93. The molecular weight excluding hydrogens is 555 g/mol. The summed E-state index contributed by atoms with van der Waals surface area (Å²) in [5, 5.41) is 4.28. The van der Waals surface area contributed by atoms with Gasteiger partial charge in [-0.1, -0.05) is 19.1 Å². The van der Waals surface area contributed by atoms with Crippen LogP contribution < -0.4 is 11.2 Å². The molecule has 14 heteroatoms. The first kappa shape index (κ1) is 28.5. The van der Waals surface area contributed by atoms with Gasteiger partial charge in [-0.3, -0.25) is 28.2 Å². The number of benzene rings is 1. The molecule has 0 atom stereocenters. The van der Waals surface area contributed by atoms with E-state index >= 15 is 0 Å². The van der Waals surface area contributed by atoms with Gasteiger partial charge in [0.15, 0.2) is 17.9 Å². The number of hydrogen-bond donors (Lipinski definition) is 0. The molecule has 0 aliphatic rings. The van der Waals surface area contributed by atoms with Crippen molar-refractivity contribution >= 4 is 17.1 Å². The Kier molecular flexibility index (Phi) is 7.79. The van der Waals surface area contributed by atoms with Crippen LogP contribution in [0.5, 0.6) is 0 Å². The maximum atomic E-state index is 13.6. The molecule has 4 aromatic heterocycles. The Labute approximate surface area is 236 Å². The summed E-state index contributed by atoms with van der Waals surface area (Å²) in [6.45, 7) is 3.61. The number of alkyl halides is 3. The summed E-state index contributed by atoms with van der Waals surface area (Å²) in [6.07, 6.45) is 1.93. The zero-order valence-electron chi connectivity index (χ0n) is 22.7. The van der Waals surface area contributed by atoms with Crippen molar-refractivity contribution in [2.24, 2.45) is 0 Å². The number of fused-ring (bicyclic) bond motifs is 1. The number of ether oxygens (including phenoxy) is 1. The first-order chi connectivity index (χ1) is 20.1. The van der Waals surface area contributed by atoms with Crippen molar-refractivity contribution in [1.29, 1.82) is 0 Å². The van der Waals surface area contributed by atoms with Gasteiger partial charge in [0.05, 0.1) is 29.4 Å². The van der Waals surface area contributed by atoms with Crippen molar-refractivity contribution in [1.82, 2.24) is 33.4 Å². The van der Waals surface area contributed by atoms with Crippen molar-refractivity contribution in [3.63, 3.8) is 0 Å². The second-order valence-electron chi connectivity index (χ2n) is 9.44. The molecule has 4 heterocycles. The van der Waals surface area contributed by atoms with E-state index in [-0.39, 0.29) is 42.2 Å². The van der Waals surface area contributed by atoms with Crippen LogP contribution in [0.4, 0.5) is 13.2 Å². The van der Waals surface area contributed by atoms with E-state index in [0.717, 1.165) is 16.7 Å². The first-order valence-electron chi connectivity index (χ1n) is 13.1. The molecule has 0 saturated heterocycles. The van der Waals surface area contributed by atoms with Gasteiger partial charge in [-0.05, 0) is 43.2 Å². The number of nitrogens with zero attached hydrogens (tertiary/aromatic N) is 7. The average molecular weight is 582 g/mol. The van der Waals surface area contributed by atoms with Crippen LogP contribution in [0.3, 0.4) is 0 Å². The molecule has 0 saturated carbocycles. The van der Waals surface area contributed by atoms with E-state index in [1.165, 1.54) is 50.6 Å². The summed E-state index contributed by atoms with van der Waals surface area (Å²) in [4.78, 5) is 47.9. The number of pyridine rings is 1. The van der Waals surface area contributed by atoms with Crippen LogP contribution in [0.15, 0.2) is 70.8 Å². The van der Waals surface area contributed by atoms with Crippen molar-refractivity contribution in [3.05, 3.63) is 98.7 Å². The molecule has 11 nitrogen and oxygen atoms in total. The third-order valence-corrected chi connectivity index (χ3v) is 6.61. The largest absolute Gasteiger partial charge is 0.440 e. The SMILES string of the molecule is CCCn1c(=O)c2c(nc(-c3cnn(Cc4cccc(C(F)(F)F)c4)c3)n2COC(=O)c2ccncc2)n(CC)c1=O. The summed E-state index contributed by atoms with van der Waals surface area (Å²) in [6, 6.07) is 7.88. The summed E-state index contributed by atoms with van der Waals surface area (Å²) >= 11 is 0. The van der Waals surface area contributed by atoms with Gasteiger partial charge >= 0.3 is 17.8 Å². The van der Waals surface area contributed by atoms with Gasteiger partial charge in [0.1, 0.15) is 5.82 Å². The molecule has 0 bridgehead atoms. The first-order valence-corrected chi connectivity index (χ1v) is 13.1. The zero-order chi connectivity index (χ0) is 30.0. The number of halogens is 3. The van der Waals surface area contributed by atoms with E-state index in [1.807, 2.05) is 6.92 Å². The Balaban J connectivity index is 1.60. The molecule has 0 aliphatic heterocycles. The Morgan fingerprint density at radius 3 is 2.48 bits per heavy atom. The van der Waals surface area contributed by atoms with Gasteiger partial charge in [0.2, 0.25) is 0 Å². The van der Waals surface area contributed by atoms with Gasteiger partial charge in [0, 0.05) is 31.7 Å². The third kappa shape index (κ3) is 5.47. The molecule has 218 valence electrons. The minimum absolute atomic E-state index is 0.0319. The summed E-state index contributed by atoms with van der Waals surface area (Å²) < 4.78 is 50.4. The molecule has 0 amide bonds. The zero-order valence-corrected chi connectivity index (χ0v) is 22.7. The number of imidazole rings is 1. The van der Waals surface area contributed by atoms with Gasteiger partial charge in [-0.25, -0.2) is 14.6 Å². The fraction of sp³-hybridized carbons (Fsp3) is 0.286. The third-order valence-electron chi connectivity index (χ3n) is 6.61. The highest BCUT2D eigenvalue weighted by molar-refractivity contribution is 5.89. The molecule has 42 heavy (non-hydrogen) atoms. The highest BCUT2D eigenvalue weighted by Gasteiger charge is 2.30. The van der Waals surface area contributed by atoms with Crippen molar-refractivity contribution in [3.8, 4) is 11.4 Å². The number of esters is 1. The second-order valence-corrected chi connectivity index (χ2v) is 9.44. The van der Waals surface area contributed by atoms with E-state index in [1.54, 1.807) is 19.2 Å². The van der Waals surface area contributed by atoms with Gasteiger partial charge in [-0.2, -0.15) is 18.3 Å². The molecule has 0 N–H and O–H groups in total. The van der Waals surface area contributed by atoms with E-state index in [9.17, 15) is 27.6 Å². The minimum atomic E-state index is -4.48. The highest BCUT2D eigenvalue weighted by atomic mass is 19.4. The minimum Gasteiger partial charge on any atom is -0.440 e. The number of aryl methyl sites for hydroxylation is 1. The molecule has 0 unspecified atom stereocenters. The summed E-state index contributed by atoms with van der Waals surface area (Å²) in [7, 11) is 0. The standard InChI is InChI=1S/C28H26F3N7O4/c1-3-12-37-25(39)22-24(36(4-2)27(37)41)34-23(38(22)17-42-26(40)19-8-10-32-11-9-19)20-14-33-35(16-20)15-18-6-5-7-21(13-18)28(29,30)31/h5-11,13-14,16H,3-4,12,15,17H2,1-2H3. The number of carbonyl (C=O) groups excluding carboxylic acids is 1. The van der Waals surface area contributed by atoms with Crippen molar-refractivity contribution in [2.75, 3.05) is 0 Å². The summed E-state index contributed by atoms with van der Waals surface area (Å²) in [5.41, 5.74) is -0.673. The van der Waals surface area contributed by atoms with E-state index in [2.05, 4.69) is 15.1 Å². The van der Waals surface area contributed by atoms with Crippen LogP contribution in [0.2, 0.25) is 0 Å². The van der Waals surface area contributed by atoms with E-state index < -0.39 is 35.7 Å². The lowest BCUT2D eigenvalue weighted by Gasteiger charge is -2.12. The van der Waals surface area contributed by atoms with Gasteiger partial charge in [-0.15, -0.1) is 0 Å². The number of carbonyl (C=O) groups is 1. The Morgan fingerprint density at radius 1 is 1.02 bits per heavy atom. The molecule has 0 radical (unpaired) electrons. The normalized spacial score (nSPS) is 11.7. The van der Waals surface area contributed by atoms with Crippen molar-refractivity contribution in [2.45, 2.75) is 52.8 Å². The molecule has 5 aromatic rings. The topological polar surface area (TPSA) is 119 Å². The highest BCUT2D eigenvalue weighted by Crippen LogP contribution is 2.30. The monoisotopic (exact) mass is 581 g/mol. The molecular formula is C28H26F3N7O4. The molecule has 5 rings (SSSR count). The lowest BCUT2D eigenvalue weighted by molar-refractivity contribution is -0.137. The molecule has 0 spiro atoms. The van der Waals surface area contributed by atoms with E-state index in [0.29, 0.717) is 17.5 Å². The predicted molar refractivity (Wildman–Crippen MR) is 146 cm³/mol. The maximum absolute atomic E-state index is 13.6. The van der Waals surface area contributed by atoms with Crippen LogP contribution in [0.1, 0.15) is 41.8 Å². The fourth-order valence-electron chi connectivity index (χ4n) is 4.64. The lowest BCUT2D eigenvalue weighted by Crippen LogP contribution is -2.40. The Bertz CT molecular complexity index is 1870. The Morgan fingerprint density at radius 2 is 1.79 bits per heavy atom. The molecule has 0 aliphatic carbocycles. The quantitative estimate of drug-likeness (QED) is 0.242. The summed E-state index contributed by atoms with van der Waals surface area (Å²) in [5.74, 6) is -0.473. The van der Waals surface area contributed by atoms with Crippen LogP contribution in [-0.2, 0) is 37.3 Å². The smallest absolute Gasteiger partial charge is 0.416 e. The lowest BCUT2D eigenvalue weighted by atomic mass is 10.1.